The Bertz CT molecular complexity index is 689. The SMILES string of the molecule is CCCCOc1ccc(C#Cc2ccc(OCC3CO3)cc2)cc1. The monoisotopic (exact) mass is 322 g/mol. The molecule has 3 heteroatoms. The molecule has 1 saturated heterocycles. The Hall–Kier alpha value is -2.44. The lowest BCUT2D eigenvalue weighted by Gasteiger charge is -2.04. The number of rotatable bonds is 7. The molecule has 1 unspecified atom stereocenters. The third-order valence-electron chi connectivity index (χ3n) is 3.66. The van der Waals surface area contributed by atoms with Gasteiger partial charge in [-0.2, -0.15) is 0 Å². The van der Waals surface area contributed by atoms with Crippen molar-refractivity contribution in [2.45, 2.75) is 25.9 Å². The summed E-state index contributed by atoms with van der Waals surface area (Å²) in [6.45, 7) is 4.36. The Morgan fingerprint density at radius 2 is 1.46 bits per heavy atom. The molecule has 1 aliphatic heterocycles. The Kier molecular flexibility index (Phi) is 5.76. The Labute approximate surface area is 143 Å². The van der Waals surface area contributed by atoms with Crippen molar-refractivity contribution in [1.29, 1.82) is 0 Å². The molecule has 3 nitrogen and oxygen atoms in total. The summed E-state index contributed by atoms with van der Waals surface area (Å²) >= 11 is 0. The number of epoxide rings is 1. The molecule has 1 heterocycles. The largest absolute Gasteiger partial charge is 0.494 e. The van der Waals surface area contributed by atoms with Crippen LogP contribution in [-0.4, -0.2) is 25.9 Å². The second-order valence-corrected chi connectivity index (χ2v) is 5.77. The van der Waals surface area contributed by atoms with Crippen LogP contribution in [0, 0.1) is 11.8 Å². The normalized spacial score (nSPS) is 15.3. The van der Waals surface area contributed by atoms with Crippen LogP contribution in [0.5, 0.6) is 11.5 Å². The van der Waals surface area contributed by atoms with Crippen LogP contribution in [0.3, 0.4) is 0 Å². The summed E-state index contributed by atoms with van der Waals surface area (Å²) in [5.74, 6) is 8.08. The van der Waals surface area contributed by atoms with E-state index in [1.165, 1.54) is 0 Å². The van der Waals surface area contributed by atoms with Crippen molar-refractivity contribution in [3.8, 4) is 23.3 Å². The molecule has 3 rings (SSSR count). The molecule has 0 radical (unpaired) electrons. The molecular weight excluding hydrogens is 300 g/mol. The van der Waals surface area contributed by atoms with Crippen LogP contribution >= 0.6 is 0 Å². The van der Waals surface area contributed by atoms with Gasteiger partial charge < -0.3 is 14.2 Å². The zero-order valence-corrected chi connectivity index (χ0v) is 14.0. The molecule has 0 N–H and O–H groups in total. The van der Waals surface area contributed by atoms with E-state index in [4.69, 9.17) is 14.2 Å². The number of hydrogen-bond acceptors (Lipinski definition) is 3. The summed E-state index contributed by atoms with van der Waals surface area (Å²) in [5, 5.41) is 0. The van der Waals surface area contributed by atoms with Gasteiger partial charge in [0.1, 0.15) is 24.2 Å². The minimum atomic E-state index is 0.276. The highest BCUT2D eigenvalue weighted by molar-refractivity contribution is 5.45. The summed E-state index contributed by atoms with van der Waals surface area (Å²) in [4.78, 5) is 0. The maximum atomic E-state index is 5.65. The second-order valence-electron chi connectivity index (χ2n) is 5.77. The van der Waals surface area contributed by atoms with E-state index in [1.807, 2.05) is 48.5 Å². The highest BCUT2D eigenvalue weighted by Crippen LogP contribution is 2.16. The second kappa shape index (κ2) is 8.42. The summed E-state index contributed by atoms with van der Waals surface area (Å²) in [7, 11) is 0. The number of benzene rings is 2. The number of unbranched alkanes of at least 4 members (excludes halogenated alkanes) is 1. The van der Waals surface area contributed by atoms with Gasteiger partial charge in [0, 0.05) is 11.1 Å². The third kappa shape index (κ3) is 5.33. The molecule has 124 valence electrons. The summed E-state index contributed by atoms with van der Waals surface area (Å²) in [6.07, 6.45) is 2.50. The molecule has 2 aromatic rings. The number of hydrogen-bond donors (Lipinski definition) is 0. The predicted octanol–water partition coefficient (Wildman–Crippen LogP) is 4.04. The zero-order chi connectivity index (χ0) is 16.6. The quantitative estimate of drug-likeness (QED) is 0.438. The van der Waals surface area contributed by atoms with Crippen molar-refractivity contribution in [3.63, 3.8) is 0 Å². The van der Waals surface area contributed by atoms with E-state index in [-0.39, 0.29) is 6.10 Å². The lowest BCUT2D eigenvalue weighted by Crippen LogP contribution is -2.03. The van der Waals surface area contributed by atoms with E-state index in [0.717, 1.165) is 48.7 Å². The molecule has 1 atom stereocenters. The third-order valence-corrected chi connectivity index (χ3v) is 3.66. The summed E-state index contributed by atoms with van der Waals surface area (Å²) < 4.78 is 16.4. The lowest BCUT2D eigenvalue weighted by molar-refractivity contribution is 0.263. The Morgan fingerprint density at radius 3 is 1.96 bits per heavy atom. The Balaban J connectivity index is 1.53. The first-order chi connectivity index (χ1) is 11.8. The van der Waals surface area contributed by atoms with E-state index in [2.05, 4.69) is 18.8 Å². The summed E-state index contributed by atoms with van der Waals surface area (Å²) in [6, 6.07) is 15.7. The number of ether oxygens (including phenoxy) is 3. The topological polar surface area (TPSA) is 31.0 Å². The molecule has 0 saturated carbocycles. The molecule has 0 aliphatic carbocycles. The van der Waals surface area contributed by atoms with Gasteiger partial charge in [0.25, 0.3) is 0 Å². The van der Waals surface area contributed by atoms with Gasteiger partial charge in [0.2, 0.25) is 0 Å². The van der Waals surface area contributed by atoms with Gasteiger partial charge in [-0.15, -0.1) is 0 Å². The Morgan fingerprint density at radius 1 is 0.917 bits per heavy atom. The van der Waals surface area contributed by atoms with Gasteiger partial charge in [0.05, 0.1) is 13.2 Å². The van der Waals surface area contributed by atoms with Crippen molar-refractivity contribution in [3.05, 3.63) is 59.7 Å². The molecule has 0 aromatic heterocycles. The highest BCUT2D eigenvalue weighted by Gasteiger charge is 2.22. The average molecular weight is 322 g/mol. The van der Waals surface area contributed by atoms with Crippen molar-refractivity contribution in [2.75, 3.05) is 19.8 Å². The van der Waals surface area contributed by atoms with Crippen molar-refractivity contribution in [1.82, 2.24) is 0 Å². The van der Waals surface area contributed by atoms with Gasteiger partial charge >= 0.3 is 0 Å². The fraction of sp³-hybridized carbons (Fsp3) is 0.333. The first-order valence-electron chi connectivity index (χ1n) is 8.43. The van der Waals surface area contributed by atoms with Crippen molar-refractivity contribution >= 4 is 0 Å². The van der Waals surface area contributed by atoms with Crippen LogP contribution in [0.1, 0.15) is 30.9 Å². The fourth-order valence-electron chi connectivity index (χ4n) is 2.10. The first kappa shape index (κ1) is 16.4. The summed E-state index contributed by atoms with van der Waals surface area (Å²) in [5.41, 5.74) is 1.94. The van der Waals surface area contributed by atoms with Gasteiger partial charge in [-0.25, -0.2) is 0 Å². The van der Waals surface area contributed by atoms with Gasteiger partial charge in [-0.3, -0.25) is 0 Å². The van der Waals surface area contributed by atoms with E-state index in [0.29, 0.717) is 6.61 Å². The van der Waals surface area contributed by atoms with Crippen LogP contribution in [0.2, 0.25) is 0 Å². The smallest absolute Gasteiger partial charge is 0.119 e. The van der Waals surface area contributed by atoms with Crippen LogP contribution in [0.15, 0.2) is 48.5 Å². The molecule has 24 heavy (non-hydrogen) atoms. The highest BCUT2D eigenvalue weighted by atomic mass is 16.6. The maximum Gasteiger partial charge on any atom is 0.119 e. The molecule has 0 bridgehead atoms. The van der Waals surface area contributed by atoms with E-state index in [1.54, 1.807) is 0 Å². The van der Waals surface area contributed by atoms with Crippen LogP contribution in [-0.2, 0) is 4.74 Å². The molecule has 2 aromatic carbocycles. The van der Waals surface area contributed by atoms with Crippen LogP contribution < -0.4 is 9.47 Å². The van der Waals surface area contributed by atoms with Crippen molar-refractivity contribution < 1.29 is 14.2 Å². The molecule has 1 aliphatic rings. The first-order valence-corrected chi connectivity index (χ1v) is 8.43. The van der Waals surface area contributed by atoms with Crippen molar-refractivity contribution in [2.24, 2.45) is 0 Å². The fourth-order valence-corrected chi connectivity index (χ4v) is 2.10. The van der Waals surface area contributed by atoms with Gasteiger partial charge in [-0.1, -0.05) is 25.2 Å². The molecular formula is C21H22O3. The van der Waals surface area contributed by atoms with Gasteiger partial charge in [-0.05, 0) is 55.0 Å². The van der Waals surface area contributed by atoms with E-state index < -0.39 is 0 Å². The minimum Gasteiger partial charge on any atom is -0.494 e. The van der Waals surface area contributed by atoms with Crippen LogP contribution in [0.25, 0.3) is 0 Å². The molecule has 0 amide bonds. The minimum absolute atomic E-state index is 0.276. The van der Waals surface area contributed by atoms with E-state index in [9.17, 15) is 0 Å². The zero-order valence-electron chi connectivity index (χ0n) is 14.0. The molecule has 1 fully saturated rings. The lowest BCUT2D eigenvalue weighted by atomic mass is 10.2. The average Bonchev–Trinajstić information content (AvgIpc) is 3.45. The van der Waals surface area contributed by atoms with E-state index >= 15 is 0 Å². The standard InChI is InChI=1S/C21H22O3/c1-2-3-14-22-19-10-6-17(7-11-19)4-5-18-8-12-20(13-9-18)23-15-21-16-24-21/h6-13,21H,2-3,14-16H2,1H3. The maximum absolute atomic E-state index is 5.65. The van der Waals surface area contributed by atoms with Gasteiger partial charge in [0.15, 0.2) is 0 Å². The predicted molar refractivity (Wildman–Crippen MR) is 94.5 cm³/mol. The van der Waals surface area contributed by atoms with Crippen LogP contribution in [0.4, 0.5) is 0 Å². The molecule has 0 spiro atoms.